The predicted molar refractivity (Wildman–Crippen MR) is 42.6 cm³/mol. The van der Waals surface area contributed by atoms with E-state index >= 15 is 0 Å². The first-order valence-electron chi connectivity index (χ1n) is 3.39. The molecule has 0 N–H and O–H groups in total. The number of nitriles is 1. The van der Waals surface area contributed by atoms with E-state index in [0.29, 0.717) is 17.8 Å². The van der Waals surface area contributed by atoms with Gasteiger partial charge in [0.2, 0.25) is 0 Å². The zero-order valence-electron chi connectivity index (χ0n) is 6.57. The van der Waals surface area contributed by atoms with Gasteiger partial charge in [0, 0.05) is 0 Å². The van der Waals surface area contributed by atoms with Crippen LogP contribution in [-0.2, 0) is 4.79 Å². The van der Waals surface area contributed by atoms with Crippen LogP contribution < -0.4 is 4.74 Å². The Morgan fingerprint density at radius 3 is 2.92 bits per heavy atom. The molecule has 0 radical (unpaired) electrons. The molecule has 0 aliphatic heterocycles. The van der Waals surface area contributed by atoms with Crippen molar-refractivity contribution in [3.8, 4) is 11.8 Å². The number of hydrogen-bond acceptors (Lipinski definition) is 3. The standard InChI is InChI=1S/C9H7NO2/c1-7-2-3-8(5-10)4-9(7)12-6-11/h2-4,6H,1H3. The molecule has 0 bridgehead atoms. The molecule has 1 aromatic rings. The minimum absolute atomic E-state index is 0.351. The van der Waals surface area contributed by atoms with E-state index in [1.54, 1.807) is 19.1 Å². The van der Waals surface area contributed by atoms with Crippen molar-refractivity contribution in [2.24, 2.45) is 0 Å². The smallest absolute Gasteiger partial charge is 0.298 e. The molecule has 3 heteroatoms. The number of aryl methyl sites for hydroxylation is 1. The fraction of sp³-hybridized carbons (Fsp3) is 0.111. The van der Waals surface area contributed by atoms with Crippen LogP contribution in [-0.4, -0.2) is 6.47 Å². The highest BCUT2D eigenvalue weighted by Crippen LogP contribution is 2.18. The average molecular weight is 161 g/mol. The Labute approximate surface area is 70.2 Å². The monoisotopic (exact) mass is 161 g/mol. The molecule has 12 heavy (non-hydrogen) atoms. The van der Waals surface area contributed by atoms with Crippen molar-refractivity contribution >= 4 is 6.47 Å². The lowest BCUT2D eigenvalue weighted by Gasteiger charge is -2.01. The fourth-order valence-corrected chi connectivity index (χ4v) is 0.848. The third kappa shape index (κ3) is 1.61. The molecule has 1 aromatic carbocycles. The van der Waals surface area contributed by atoms with Crippen molar-refractivity contribution in [2.45, 2.75) is 6.92 Å². The molecule has 3 nitrogen and oxygen atoms in total. The van der Waals surface area contributed by atoms with Crippen molar-refractivity contribution in [1.82, 2.24) is 0 Å². The summed E-state index contributed by atoms with van der Waals surface area (Å²) in [5, 5.41) is 8.53. The van der Waals surface area contributed by atoms with E-state index in [9.17, 15) is 4.79 Å². The summed E-state index contributed by atoms with van der Waals surface area (Å²) in [6.07, 6.45) is 0. The van der Waals surface area contributed by atoms with E-state index in [-0.39, 0.29) is 0 Å². The van der Waals surface area contributed by atoms with Gasteiger partial charge >= 0.3 is 0 Å². The summed E-state index contributed by atoms with van der Waals surface area (Å²) >= 11 is 0. The van der Waals surface area contributed by atoms with Crippen molar-refractivity contribution < 1.29 is 9.53 Å². The number of rotatable bonds is 2. The van der Waals surface area contributed by atoms with Gasteiger partial charge in [-0.25, -0.2) is 0 Å². The van der Waals surface area contributed by atoms with E-state index in [1.165, 1.54) is 6.07 Å². The maximum atomic E-state index is 10.0. The number of benzene rings is 1. The fourth-order valence-electron chi connectivity index (χ4n) is 0.848. The molecule has 0 amide bonds. The Kier molecular flexibility index (Phi) is 2.44. The molecule has 1 rings (SSSR count). The van der Waals surface area contributed by atoms with Gasteiger partial charge < -0.3 is 4.74 Å². The second-order valence-electron chi connectivity index (χ2n) is 2.31. The maximum absolute atomic E-state index is 10.0. The number of nitrogens with zero attached hydrogens (tertiary/aromatic N) is 1. The van der Waals surface area contributed by atoms with Crippen molar-refractivity contribution in [2.75, 3.05) is 0 Å². The molecule has 0 saturated carbocycles. The van der Waals surface area contributed by atoms with Gasteiger partial charge in [0.1, 0.15) is 5.75 Å². The lowest BCUT2D eigenvalue weighted by atomic mass is 10.1. The van der Waals surface area contributed by atoms with Crippen molar-refractivity contribution in [1.29, 1.82) is 5.26 Å². The highest BCUT2D eigenvalue weighted by molar-refractivity contribution is 5.50. The van der Waals surface area contributed by atoms with Crippen molar-refractivity contribution in [3.05, 3.63) is 29.3 Å². The van der Waals surface area contributed by atoms with E-state index in [1.807, 2.05) is 6.07 Å². The topological polar surface area (TPSA) is 50.1 Å². The second kappa shape index (κ2) is 3.54. The van der Waals surface area contributed by atoms with Gasteiger partial charge in [0.25, 0.3) is 6.47 Å². The summed E-state index contributed by atoms with van der Waals surface area (Å²) in [7, 11) is 0. The molecular weight excluding hydrogens is 154 g/mol. The largest absolute Gasteiger partial charge is 0.428 e. The number of hydrogen-bond donors (Lipinski definition) is 0. The van der Waals surface area contributed by atoms with E-state index < -0.39 is 0 Å². The molecule has 0 atom stereocenters. The molecular formula is C9H7NO2. The molecule has 0 unspecified atom stereocenters. The predicted octanol–water partition coefficient (Wildman–Crippen LogP) is 1.40. The van der Waals surface area contributed by atoms with Gasteiger partial charge in [0.05, 0.1) is 11.6 Å². The van der Waals surface area contributed by atoms with Gasteiger partial charge in [-0.15, -0.1) is 0 Å². The number of carbonyl (C=O) groups is 1. The minimum atomic E-state index is 0.351. The lowest BCUT2D eigenvalue weighted by Crippen LogP contribution is -1.91. The molecule has 0 heterocycles. The van der Waals surface area contributed by atoms with Crippen LogP contribution in [0.4, 0.5) is 0 Å². The third-order valence-electron chi connectivity index (χ3n) is 1.49. The molecule has 0 aliphatic carbocycles. The van der Waals surface area contributed by atoms with Gasteiger partial charge in [-0.2, -0.15) is 5.26 Å². The van der Waals surface area contributed by atoms with Gasteiger partial charge in [-0.05, 0) is 24.6 Å². The van der Waals surface area contributed by atoms with Crippen LogP contribution in [0.2, 0.25) is 0 Å². The van der Waals surface area contributed by atoms with Gasteiger partial charge in [-0.1, -0.05) is 6.07 Å². The van der Waals surface area contributed by atoms with Crippen LogP contribution in [0, 0.1) is 18.3 Å². The minimum Gasteiger partial charge on any atom is -0.428 e. The summed E-state index contributed by atoms with van der Waals surface area (Å²) in [6.45, 7) is 2.16. The molecule has 0 saturated heterocycles. The summed E-state index contributed by atoms with van der Waals surface area (Å²) in [4.78, 5) is 10.0. The lowest BCUT2D eigenvalue weighted by molar-refractivity contribution is -0.120. The molecule has 60 valence electrons. The van der Waals surface area contributed by atoms with Crippen molar-refractivity contribution in [3.63, 3.8) is 0 Å². The Morgan fingerprint density at radius 1 is 1.58 bits per heavy atom. The highest BCUT2D eigenvalue weighted by Gasteiger charge is 1.99. The Hall–Kier alpha value is -1.82. The van der Waals surface area contributed by atoms with E-state index in [2.05, 4.69) is 4.74 Å². The Bertz CT molecular complexity index is 339. The first kappa shape index (κ1) is 8.28. The first-order valence-corrected chi connectivity index (χ1v) is 3.39. The third-order valence-corrected chi connectivity index (χ3v) is 1.49. The van der Waals surface area contributed by atoms with E-state index in [0.717, 1.165) is 5.56 Å². The maximum Gasteiger partial charge on any atom is 0.298 e. The Balaban J connectivity index is 3.09. The normalized spacial score (nSPS) is 8.67. The van der Waals surface area contributed by atoms with Gasteiger partial charge in [0.15, 0.2) is 0 Å². The summed E-state index contributed by atoms with van der Waals surface area (Å²) in [6, 6.07) is 6.90. The molecule has 0 spiro atoms. The summed E-state index contributed by atoms with van der Waals surface area (Å²) in [5.41, 5.74) is 1.32. The van der Waals surface area contributed by atoms with Crippen LogP contribution in [0.25, 0.3) is 0 Å². The first-order chi connectivity index (χ1) is 5.77. The van der Waals surface area contributed by atoms with Crippen LogP contribution in [0.3, 0.4) is 0 Å². The summed E-state index contributed by atoms with van der Waals surface area (Å²) < 4.78 is 4.65. The molecule has 0 fully saturated rings. The average Bonchev–Trinajstić information content (AvgIpc) is 2.09. The summed E-state index contributed by atoms with van der Waals surface area (Å²) in [5.74, 6) is 0.434. The molecule has 0 aliphatic rings. The second-order valence-corrected chi connectivity index (χ2v) is 2.31. The molecule has 0 aromatic heterocycles. The quantitative estimate of drug-likeness (QED) is 0.616. The number of ether oxygens (including phenoxy) is 1. The van der Waals surface area contributed by atoms with Gasteiger partial charge in [-0.3, -0.25) is 4.79 Å². The SMILES string of the molecule is Cc1ccc(C#N)cc1OC=O. The van der Waals surface area contributed by atoms with Crippen LogP contribution in [0.1, 0.15) is 11.1 Å². The van der Waals surface area contributed by atoms with Crippen LogP contribution in [0.5, 0.6) is 5.75 Å². The Morgan fingerprint density at radius 2 is 2.33 bits per heavy atom. The van der Waals surface area contributed by atoms with E-state index in [4.69, 9.17) is 5.26 Å². The zero-order chi connectivity index (χ0) is 8.97. The number of carbonyl (C=O) groups excluding carboxylic acids is 1. The zero-order valence-corrected chi connectivity index (χ0v) is 6.57. The van der Waals surface area contributed by atoms with Crippen LogP contribution in [0.15, 0.2) is 18.2 Å². The highest BCUT2D eigenvalue weighted by atomic mass is 16.5. The van der Waals surface area contributed by atoms with Crippen LogP contribution >= 0.6 is 0 Å².